The fraction of sp³-hybridized carbons (Fsp3) is 0.375. The number of hydrogen-bond donors (Lipinski definition) is 0. The first-order valence-corrected chi connectivity index (χ1v) is 10.9. The Bertz CT molecular complexity index is 1290. The second-order valence-electron chi connectivity index (χ2n) is 8.75. The number of aromatic nitrogens is 3. The zero-order valence-corrected chi connectivity index (χ0v) is 19.3. The molecule has 0 bridgehead atoms. The monoisotopic (exact) mass is 474 g/mol. The van der Waals surface area contributed by atoms with Crippen LogP contribution in [0.15, 0.2) is 47.7 Å². The molecule has 3 heterocycles. The topological polar surface area (TPSA) is 69.4 Å². The van der Waals surface area contributed by atoms with Crippen molar-refractivity contribution >= 4 is 5.91 Å². The average molecular weight is 474 g/mol. The molecule has 3 aromatic rings. The minimum atomic E-state index is -4.55. The van der Waals surface area contributed by atoms with E-state index in [1.165, 1.54) is 21.9 Å². The molecular weight excluding hydrogens is 449 g/mol. The van der Waals surface area contributed by atoms with E-state index in [0.717, 1.165) is 17.8 Å². The van der Waals surface area contributed by atoms with Crippen LogP contribution in [0.5, 0.6) is 5.75 Å². The van der Waals surface area contributed by atoms with E-state index < -0.39 is 23.7 Å². The van der Waals surface area contributed by atoms with Crippen molar-refractivity contribution in [1.29, 1.82) is 0 Å². The molecule has 0 aliphatic carbocycles. The van der Waals surface area contributed by atoms with Crippen molar-refractivity contribution in [3.8, 4) is 11.4 Å². The summed E-state index contributed by atoms with van der Waals surface area (Å²) in [7, 11) is 0. The Kier molecular flexibility index (Phi) is 6.01. The van der Waals surface area contributed by atoms with Crippen LogP contribution in [0.3, 0.4) is 0 Å². The molecule has 0 saturated carbocycles. The fourth-order valence-electron chi connectivity index (χ4n) is 4.07. The van der Waals surface area contributed by atoms with Gasteiger partial charge in [-0.1, -0.05) is 0 Å². The lowest BCUT2D eigenvalue weighted by Gasteiger charge is -2.35. The molecule has 0 spiro atoms. The highest BCUT2D eigenvalue weighted by Gasteiger charge is 2.34. The first kappa shape index (κ1) is 23.6. The van der Waals surface area contributed by atoms with Crippen molar-refractivity contribution in [2.24, 2.45) is 0 Å². The Morgan fingerprint density at radius 1 is 1.18 bits per heavy atom. The number of halogens is 3. The lowest BCUT2D eigenvalue weighted by molar-refractivity contribution is -0.137. The molecule has 34 heavy (non-hydrogen) atoms. The smallest absolute Gasteiger partial charge is 0.416 e. The second-order valence-corrected chi connectivity index (χ2v) is 8.75. The highest BCUT2D eigenvalue weighted by molar-refractivity contribution is 5.93. The van der Waals surface area contributed by atoms with Crippen LogP contribution in [0.2, 0.25) is 0 Å². The molecular formula is C24H25F3N4O3. The summed E-state index contributed by atoms with van der Waals surface area (Å²) in [5.74, 6) is -0.332. The first-order valence-electron chi connectivity index (χ1n) is 10.9. The summed E-state index contributed by atoms with van der Waals surface area (Å²) < 4.78 is 48.9. The third-order valence-electron chi connectivity index (χ3n) is 5.62. The number of aryl methyl sites for hydroxylation is 1. The molecule has 1 atom stereocenters. The number of carbonyl (C=O) groups is 1. The van der Waals surface area contributed by atoms with Gasteiger partial charge in [0.15, 0.2) is 0 Å². The van der Waals surface area contributed by atoms with E-state index >= 15 is 0 Å². The van der Waals surface area contributed by atoms with Gasteiger partial charge >= 0.3 is 6.18 Å². The van der Waals surface area contributed by atoms with Crippen LogP contribution >= 0.6 is 0 Å². The Morgan fingerprint density at radius 3 is 2.53 bits per heavy atom. The molecule has 0 saturated heterocycles. The van der Waals surface area contributed by atoms with E-state index in [9.17, 15) is 22.8 Å². The van der Waals surface area contributed by atoms with E-state index in [0.29, 0.717) is 11.3 Å². The summed E-state index contributed by atoms with van der Waals surface area (Å²) in [5, 5.41) is 0. The third-order valence-corrected chi connectivity index (χ3v) is 5.62. The number of imidazole rings is 1. The molecule has 1 amide bonds. The molecule has 0 N–H and O–H groups in total. The van der Waals surface area contributed by atoms with Gasteiger partial charge in [0.2, 0.25) is 0 Å². The summed E-state index contributed by atoms with van der Waals surface area (Å²) in [6.07, 6.45) is -1.61. The SMILES string of the molecule is Cc1cn(-c2ccc3n(c2=O)C[C@@H](C)N(Cc2cc(OC(C)C)cc(C(F)(F)F)c2)C3=O)cn1. The Balaban J connectivity index is 1.68. The van der Waals surface area contributed by atoms with Crippen LogP contribution < -0.4 is 10.3 Å². The molecule has 0 fully saturated rings. The minimum absolute atomic E-state index is 0.0466. The zero-order valence-electron chi connectivity index (χ0n) is 19.3. The van der Waals surface area contributed by atoms with Gasteiger partial charge in [-0.05, 0) is 63.6 Å². The summed E-state index contributed by atoms with van der Waals surface area (Å²) in [6.45, 7) is 7.20. The predicted octanol–water partition coefficient (Wildman–Crippen LogP) is 4.19. The number of ether oxygens (including phenoxy) is 1. The van der Waals surface area contributed by atoms with Crippen molar-refractivity contribution in [3.05, 3.63) is 75.7 Å². The van der Waals surface area contributed by atoms with E-state index in [-0.39, 0.29) is 36.2 Å². The molecule has 0 unspecified atom stereocenters. The maximum absolute atomic E-state index is 13.5. The number of nitrogens with zero attached hydrogens (tertiary/aromatic N) is 4. The van der Waals surface area contributed by atoms with Crippen LogP contribution in [0.4, 0.5) is 13.2 Å². The molecule has 7 nitrogen and oxygen atoms in total. The number of carbonyl (C=O) groups excluding carboxylic acids is 1. The number of amides is 1. The van der Waals surface area contributed by atoms with Crippen molar-refractivity contribution in [1.82, 2.24) is 19.0 Å². The molecule has 0 radical (unpaired) electrons. The number of pyridine rings is 1. The lowest BCUT2D eigenvalue weighted by Crippen LogP contribution is -2.49. The Labute approximate surface area is 194 Å². The largest absolute Gasteiger partial charge is 0.491 e. The normalized spacial score (nSPS) is 16.2. The number of alkyl halides is 3. The van der Waals surface area contributed by atoms with Crippen LogP contribution in [-0.4, -0.2) is 37.1 Å². The van der Waals surface area contributed by atoms with Gasteiger partial charge in [0.1, 0.15) is 17.1 Å². The van der Waals surface area contributed by atoms with Crippen molar-refractivity contribution in [2.75, 3.05) is 0 Å². The van der Waals surface area contributed by atoms with Gasteiger partial charge in [0.05, 0.1) is 23.7 Å². The molecule has 1 aliphatic heterocycles. The second kappa shape index (κ2) is 8.66. The van der Waals surface area contributed by atoms with Crippen LogP contribution in [0, 0.1) is 6.92 Å². The van der Waals surface area contributed by atoms with Crippen molar-refractivity contribution in [3.63, 3.8) is 0 Å². The Hall–Kier alpha value is -3.56. The zero-order chi connectivity index (χ0) is 24.8. The van der Waals surface area contributed by atoms with Crippen LogP contribution in [0.25, 0.3) is 5.69 Å². The number of hydrogen-bond acceptors (Lipinski definition) is 4. The standard InChI is InChI=1S/C24H25F3N4O3/c1-14(2)34-19-8-17(7-18(9-19)24(25,26)27)12-30-16(4)11-31-21(23(30)33)6-5-20(22(31)32)29-10-15(3)28-13-29/h5-10,13-14,16H,11-12H2,1-4H3/t16-/m1/s1. The number of benzene rings is 1. The summed E-state index contributed by atoms with van der Waals surface area (Å²) >= 11 is 0. The highest BCUT2D eigenvalue weighted by Crippen LogP contribution is 2.34. The van der Waals surface area contributed by atoms with Crippen LogP contribution in [0.1, 0.15) is 48.1 Å². The van der Waals surface area contributed by atoms with Crippen molar-refractivity contribution < 1.29 is 22.7 Å². The van der Waals surface area contributed by atoms with E-state index in [4.69, 9.17) is 4.74 Å². The summed E-state index contributed by atoms with van der Waals surface area (Å²) in [5.41, 5.74) is 0.434. The third kappa shape index (κ3) is 4.57. The molecule has 1 aromatic carbocycles. The maximum atomic E-state index is 13.5. The van der Waals surface area contributed by atoms with Gasteiger partial charge < -0.3 is 18.8 Å². The molecule has 10 heteroatoms. The number of rotatable bonds is 5. The molecule has 2 aromatic heterocycles. The van der Waals surface area contributed by atoms with E-state index in [1.54, 1.807) is 50.6 Å². The van der Waals surface area contributed by atoms with E-state index in [2.05, 4.69) is 4.98 Å². The van der Waals surface area contributed by atoms with Gasteiger partial charge in [0.25, 0.3) is 11.5 Å². The summed E-state index contributed by atoms with van der Waals surface area (Å²) in [4.78, 5) is 32.0. The lowest BCUT2D eigenvalue weighted by atomic mass is 10.1. The van der Waals surface area contributed by atoms with Gasteiger partial charge in [-0.15, -0.1) is 0 Å². The quantitative estimate of drug-likeness (QED) is 0.556. The van der Waals surface area contributed by atoms with Crippen molar-refractivity contribution in [2.45, 2.75) is 59.1 Å². The Morgan fingerprint density at radius 2 is 1.91 bits per heavy atom. The van der Waals surface area contributed by atoms with Gasteiger partial charge in [0, 0.05) is 25.3 Å². The van der Waals surface area contributed by atoms with Gasteiger partial charge in [-0.3, -0.25) is 9.59 Å². The van der Waals surface area contributed by atoms with E-state index in [1.807, 2.05) is 0 Å². The van der Waals surface area contributed by atoms with Gasteiger partial charge in [-0.25, -0.2) is 4.98 Å². The summed E-state index contributed by atoms with van der Waals surface area (Å²) in [6, 6.07) is 6.20. The van der Waals surface area contributed by atoms with Gasteiger partial charge in [-0.2, -0.15) is 13.2 Å². The number of fused-ring (bicyclic) bond motifs is 1. The molecule has 180 valence electrons. The highest BCUT2D eigenvalue weighted by atomic mass is 19.4. The predicted molar refractivity (Wildman–Crippen MR) is 119 cm³/mol. The van der Waals surface area contributed by atoms with Crippen LogP contribution in [-0.2, 0) is 19.3 Å². The average Bonchev–Trinajstić information content (AvgIpc) is 3.16. The maximum Gasteiger partial charge on any atom is 0.416 e. The fourth-order valence-corrected chi connectivity index (χ4v) is 4.07. The minimum Gasteiger partial charge on any atom is -0.491 e. The molecule has 4 rings (SSSR count). The first-order chi connectivity index (χ1) is 15.9. The molecule has 1 aliphatic rings.